The van der Waals surface area contributed by atoms with Gasteiger partial charge in [0.05, 0.1) is 0 Å². The Morgan fingerprint density at radius 3 is 1.40 bits per heavy atom. The van der Waals surface area contributed by atoms with Crippen LogP contribution in [0.5, 0.6) is 0 Å². The third-order valence-electron chi connectivity index (χ3n) is 0. The van der Waals surface area contributed by atoms with Gasteiger partial charge in [-0.15, -0.1) is 0 Å². The molecule has 0 amide bonds. The van der Waals surface area contributed by atoms with E-state index in [4.69, 9.17) is 0 Å². The molecule has 0 aromatic carbocycles. The molecule has 0 heterocycles. The molecule has 0 fully saturated rings. The monoisotopic (exact) mass is 321 g/mol. The molecule has 27 valence electrons. The van der Waals surface area contributed by atoms with Crippen molar-refractivity contribution in [2.75, 3.05) is 0 Å². The van der Waals surface area contributed by atoms with E-state index in [1.54, 1.807) is 0 Å². The van der Waals surface area contributed by atoms with Gasteiger partial charge in [-0.05, 0) is 0 Å². The maximum Gasteiger partial charge on any atom is 0 e. The summed E-state index contributed by atoms with van der Waals surface area (Å²) >= 11 is 1.13. The maximum absolute atomic E-state index is 4.17. The summed E-state index contributed by atoms with van der Waals surface area (Å²) in [4.78, 5) is 0. The summed E-state index contributed by atoms with van der Waals surface area (Å²) in [5.74, 6) is 0. The Morgan fingerprint density at radius 1 is 1.40 bits per heavy atom. The van der Waals surface area contributed by atoms with Crippen LogP contribution in [0, 0.1) is 0 Å². The zero-order chi connectivity index (χ0) is 2.00. The Bertz CT molecular complexity index is 17.7. The minimum absolute atomic E-state index is 0. The molecule has 0 atom stereocenters. The predicted octanol–water partition coefficient (Wildman–Crippen LogP) is 0.107. The quantitative estimate of drug-likeness (QED) is 0.571. The molecule has 0 N–H and O–H groups in total. The Balaban J connectivity index is -0.000000000500. The SMILES string of the molecule is [Ca+2].[Cu].[H-].[H-].[S]=[Sn].[Zn]. The van der Waals surface area contributed by atoms with Crippen LogP contribution in [-0.4, -0.2) is 58.3 Å². The first-order chi connectivity index (χ1) is 1.00. The third-order valence-corrected chi connectivity index (χ3v) is 0. The molecule has 0 unspecified atom stereocenters. The van der Waals surface area contributed by atoms with Gasteiger partial charge >= 0.3 is 67.6 Å². The van der Waals surface area contributed by atoms with Crippen LogP contribution in [0.15, 0.2) is 0 Å². The Hall–Kier alpha value is 3.42. The smallest absolute Gasteiger partial charge is 0 e. The molecule has 0 nitrogen and oxygen atoms in total. The summed E-state index contributed by atoms with van der Waals surface area (Å²) in [5, 5.41) is 0. The van der Waals surface area contributed by atoms with Gasteiger partial charge in [-0.3, -0.25) is 0 Å². The zero-order valence-corrected chi connectivity index (χ0v) is 12.4. The first-order valence-corrected chi connectivity index (χ1v) is 4.11. The van der Waals surface area contributed by atoms with Crippen LogP contribution in [0.1, 0.15) is 2.85 Å². The van der Waals surface area contributed by atoms with Crippen LogP contribution >= 0.6 is 9.29 Å². The van der Waals surface area contributed by atoms with Crippen molar-refractivity contribution in [2.24, 2.45) is 0 Å². The molecule has 0 aromatic rings. The standard InChI is InChI=1S/Ca.Cu.S.Sn.Zn.2H/q+2;;;;;2*-1. The van der Waals surface area contributed by atoms with Gasteiger partial charge in [0.1, 0.15) is 0 Å². The molecule has 3 radical (unpaired) electrons. The fourth-order valence-electron chi connectivity index (χ4n) is 0. The van der Waals surface area contributed by atoms with Crippen molar-refractivity contribution in [2.45, 2.75) is 0 Å². The van der Waals surface area contributed by atoms with E-state index in [1.807, 2.05) is 0 Å². The Morgan fingerprint density at radius 2 is 1.40 bits per heavy atom. The van der Waals surface area contributed by atoms with Gasteiger partial charge in [0.15, 0.2) is 0 Å². The topological polar surface area (TPSA) is 0 Å². The van der Waals surface area contributed by atoms with Gasteiger partial charge in [0, 0.05) is 36.5 Å². The summed E-state index contributed by atoms with van der Waals surface area (Å²) in [5.41, 5.74) is 0. The summed E-state index contributed by atoms with van der Waals surface area (Å²) in [6, 6.07) is 0. The van der Waals surface area contributed by atoms with Crippen LogP contribution < -0.4 is 0 Å². The molecule has 5 heteroatoms. The molecule has 0 saturated heterocycles. The van der Waals surface area contributed by atoms with E-state index < -0.39 is 0 Å². The van der Waals surface area contributed by atoms with Crippen LogP contribution in [0.4, 0.5) is 0 Å². The molecular weight excluding hydrogens is 320 g/mol. The molecule has 0 aliphatic heterocycles. The van der Waals surface area contributed by atoms with Gasteiger partial charge in [-0.1, -0.05) is 0 Å². The van der Waals surface area contributed by atoms with Crippen LogP contribution in [0.25, 0.3) is 0 Å². The normalized spacial score (nSPS) is 0.800. The van der Waals surface area contributed by atoms with E-state index >= 15 is 0 Å². The Labute approximate surface area is 105 Å². The molecular formula is H2CaCuSSnZn. The van der Waals surface area contributed by atoms with Crippen LogP contribution in [-0.2, 0) is 36.5 Å². The third kappa shape index (κ3) is 18.6. The van der Waals surface area contributed by atoms with E-state index in [2.05, 4.69) is 9.29 Å². The first-order valence-electron chi connectivity index (χ1n) is 0.204. The van der Waals surface area contributed by atoms with Gasteiger partial charge < -0.3 is 2.85 Å². The van der Waals surface area contributed by atoms with E-state index in [9.17, 15) is 0 Å². The molecule has 0 rings (SSSR count). The summed E-state index contributed by atoms with van der Waals surface area (Å²) < 4.78 is 0. The van der Waals surface area contributed by atoms with E-state index in [0.717, 1.165) is 20.6 Å². The van der Waals surface area contributed by atoms with E-state index in [0.29, 0.717) is 0 Å². The zero-order valence-electron chi connectivity index (χ0n) is 4.62. The summed E-state index contributed by atoms with van der Waals surface area (Å²) in [7, 11) is 4.17. The average Bonchev–Trinajstić information content (AvgIpc) is 1.00. The molecule has 0 saturated carbocycles. The van der Waals surface area contributed by atoms with Crippen molar-refractivity contribution >= 4 is 67.6 Å². The molecule has 0 spiro atoms. The molecule has 0 aromatic heterocycles. The molecule has 0 aliphatic carbocycles. The molecule has 0 aliphatic rings. The van der Waals surface area contributed by atoms with Gasteiger partial charge in [0.2, 0.25) is 0 Å². The molecule has 0 bridgehead atoms. The Kier molecular flexibility index (Phi) is 124. The van der Waals surface area contributed by atoms with Gasteiger partial charge in [-0.25, -0.2) is 0 Å². The van der Waals surface area contributed by atoms with E-state index in [1.165, 1.54) is 0 Å². The number of rotatable bonds is 0. The predicted molar refractivity (Wildman–Crippen MR) is 21.3 cm³/mol. The number of hydrogen-bond donors (Lipinski definition) is 0. The van der Waals surface area contributed by atoms with Crippen molar-refractivity contribution < 1.29 is 39.4 Å². The fraction of sp³-hybridized carbons (Fsp3) is 0. The minimum atomic E-state index is 0. The van der Waals surface area contributed by atoms with Crippen molar-refractivity contribution in [3.05, 3.63) is 0 Å². The minimum Gasteiger partial charge on any atom is 0 e. The second kappa shape index (κ2) is 26.1. The van der Waals surface area contributed by atoms with E-state index in [-0.39, 0.29) is 77.1 Å². The first kappa shape index (κ1) is 23.7. The van der Waals surface area contributed by atoms with Crippen LogP contribution in [0.3, 0.4) is 0 Å². The summed E-state index contributed by atoms with van der Waals surface area (Å²) in [6.45, 7) is 0. The van der Waals surface area contributed by atoms with Crippen molar-refractivity contribution in [1.29, 1.82) is 0 Å². The van der Waals surface area contributed by atoms with Gasteiger partial charge in [-0.2, -0.15) is 0 Å². The molecule has 5 heavy (non-hydrogen) atoms. The number of hydrogen-bond acceptors (Lipinski definition) is 1. The van der Waals surface area contributed by atoms with Gasteiger partial charge in [0.25, 0.3) is 0 Å². The van der Waals surface area contributed by atoms with Crippen molar-refractivity contribution in [3.63, 3.8) is 0 Å². The van der Waals surface area contributed by atoms with Crippen molar-refractivity contribution in [1.82, 2.24) is 0 Å². The largest absolute Gasteiger partial charge is 0 e. The second-order valence-electron chi connectivity index (χ2n) is 0. The van der Waals surface area contributed by atoms with Crippen LogP contribution in [0.2, 0.25) is 0 Å². The van der Waals surface area contributed by atoms with Crippen molar-refractivity contribution in [3.8, 4) is 0 Å². The summed E-state index contributed by atoms with van der Waals surface area (Å²) in [6.07, 6.45) is 0. The fourth-order valence-corrected chi connectivity index (χ4v) is 0. The second-order valence-corrected chi connectivity index (χ2v) is 0. The average molecular weight is 322 g/mol. The maximum atomic E-state index is 4.17.